The Bertz CT molecular complexity index is 521. The fourth-order valence-corrected chi connectivity index (χ4v) is 2.24. The molecule has 1 amide bonds. The maximum Gasteiger partial charge on any atom is 0.221 e. The molecule has 1 N–H and O–H groups in total. The fourth-order valence-electron chi connectivity index (χ4n) is 1.88. The van der Waals surface area contributed by atoms with Gasteiger partial charge in [-0.25, -0.2) is 0 Å². The lowest BCUT2D eigenvalue weighted by Crippen LogP contribution is -2.36. The van der Waals surface area contributed by atoms with E-state index in [2.05, 4.69) is 21.2 Å². The molecule has 4 nitrogen and oxygen atoms in total. The molecule has 20 heavy (non-hydrogen) atoms. The number of amides is 1. The number of hydrogen-bond acceptors (Lipinski definition) is 3. The molecule has 0 atom stereocenters. The van der Waals surface area contributed by atoms with E-state index >= 15 is 0 Å². The smallest absolute Gasteiger partial charge is 0.221 e. The van der Waals surface area contributed by atoms with Crippen LogP contribution in [0.1, 0.15) is 32.3 Å². The van der Waals surface area contributed by atoms with Crippen LogP contribution in [0.3, 0.4) is 0 Å². The van der Waals surface area contributed by atoms with Gasteiger partial charge < -0.3 is 10.1 Å². The fraction of sp³-hybridized carbons (Fsp3) is 0.467. The summed E-state index contributed by atoms with van der Waals surface area (Å²) >= 11 is 3.45. The summed E-state index contributed by atoms with van der Waals surface area (Å²) in [5.41, 5.74) is 0.757. The minimum Gasteiger partial charge on any atom is -0.496 e. The van der Waals surface area contributed by atoms with Crippen molar-refractivity contribution in [1.82, 2.24) is 5.32 Å². The summed E-state index contributed by atoms with van der Waals surface area (Å²) in [4.78, 5) is 11.6. The first-order valence-corrected chi connectivity index (χ1v) is 7.17. The molecule has 1 aromatic rings. The lowest BCUT2D eigenvalue weighted by Gasteiger charge is -2.27. The Morgan fingerprint density at radius 3 is 2.80 bits per heavy atom. The highest BCUT2D eigenvalue weighted by atomic mass is 79.9. The van der Waals surface area contributed by atoms with Crippen molar-refractivity contribution < 1.29 is 9.53 Å². The van der Waals surface area contributed by atoms with Crippen molar-refractivity contribution >= 4 is 21.8 Å². The molecule has 0 aliphatic rings. The number of methoxy groups -OCH3 is 1. The minimum absolute atomic E-state index is 0.103. The van der Waals surface area contributed by atoms with Crippen molar-refractivity contribution in [3.63, 3.8) is 0 Å². The molecule has 108 valence electrons. The van der Waals surface area contributed by atoms with Crippen molar-refractivity contribution in [1.29, 1.82) is 5.26 Å². The van der Waals surface area contributed by atoms with Crippen molar-refractivity contribution in [2.45, 2.75) is 32.1 Å². The third-order valence-corrected chi connectivity index (χ3v) is 3.58. The van der Waals surface area contributed by atoms with Gasteiger partial charge >= 0.3 is 0 Å². The number of halogens is 1. The quantitative estimate of drug-likeness (QED) is 0.866. The Labute approximate surface area is 128 Å². The molecule has 0 saturated carbocycles. The first-order valence-electron chi connectivity index (χ1n) is 6.38. The summed E-state index contributed by atoms with van der Waals surface area (Å²) in [6.07, 6.45) is 0.481. The van der Waals surface area contributed by atoms with E-state index in [0.717, 1.165) is 15.8 Å². The van der Waals surface area contributed by atoms with Crippen LogP contribution in [0, 0.1) is 11.3 Å². The molecule has 0 saturated heterocycles. The summed E-state index contributed by atoms with van der Waals surface area (Å²) < 4.78 is 6.35. The zero-order valence-corrected chi connectivity index (χ0v) is 13.6. The number of nitrogens with one attached hydrogen (secondary N) is 1. The number of carbonyl (C=O) groups is 1. The van der Waals surface area contributed by atoms with Gasteiger partial charge in [0.05, 0.1) is 13.2 Å². The van der Waals surface area contributed by atoms with Crippen molar-refractivity contribution in [2.75, 3.05) is 13.7 Å². The van der Waals surface area contributed by atoms with Gasteiger partial charge in [0.1, 0.15) is 5.75 Å². The number of carbonyl (C=O) groups excluding carboxylic acids is 1. The molecule has 1 aromatic carbocycles. The molecule has 5 heteroatoms. The van der Waals surface area contributed by atoms with Crippen LogP contribution in [-0.2, 0) is 10.2 Å². The van der Waals surface area contributed by atoms with E-state index < -0.39 is 0 Å². The Morgan fingerprint density at radius 1 is 1.50 bits per heavy atom. The Morgan fingerprint density at radius 2 is 2.20 bits per heavy atom. The predicted octanol–water partition coefficient (Wildman–Crippen LogP) is 3.16. The van der Waals surface area contributed by atoms with Gasteiger partial charge in [-0.15, -0.1) is 0 Å². The average Bonchev–Trinajstić information content (AvgIpc) is 2.43. The summed E-state index contributed by atoms with van der Waals surface area (Å²) in [7, 11) is 1.63. The van der Waals surface area contributed by atoms with Crippen LogP contribution in [0.2, 0.25) is 0 Å². The lowest BCUT2D eigenvalue weighted by molar-refractivity contribution is -0.121. The molecule has 0 bridgehead atoms. The highest BCUT2D eigenvalue weighted by Crippen LogP contribution is 2.33. The van der Waals surface area contributed by atoms with Crippen LogP contribution in [0.25, 0.3) is 0 Å². The van der Waals surface area contributed by atoms with Crippen LogP contribution in [0.15, 0.2) is 22.7 Å². The molecule has 0 heterocycles. The maximum absolute atomic E-state index is 11.6. The predicted molar refractivity (Wildman–Crippen MR) is 81.6 cm³/mol. The molecule has 0 radical (unpaired) electrons. The van der Waals surface area contributed by atoms with Gasteiger partial charge in [-0.3, -0.25) is 4.79 Å². The van der Waals surface area contributed by atoms with E-state index in [4.69, 9.17) is 10.00 Å². The topological polar surface area (TPSA) is 62.1 Å². The second-order valence-electron chi connectivity index (χ2n) is 5.16. The molecule has 1 rings (SSSR count). The van der Waals surface area contributed by atoms with Gasteiger partial charge in [-0.2, -0.15) is 5.26 Å². The Kier molecular flexibility index (Phi) is 6.03. The van der Waals surface area contributed by atoms with E-state index in [-0.39, 0.29) is 24.2 Å². The highest BCUT2D eigenvalue weighted by Gasteiger charge is 2.25. The maximum atomic E-state index is 11.6. The van der Waals surface area contributed by atoms with Gasteiger partial charge in [0.2, 0.25) is 5.91 Å². The molecule has 0 fully saturated rings. The number of hydrogen-bond donors (Lipinski definition) is 1. The molecule has 0 aliphatic heterocycles. The lowest BCUT2D eigenvalue weighted by atomic mass is 9.84. The third kappa shape index (κ3) is 4.53. The van der Waals surface area contributed by atoms with Gasteiger partial charge in [-0.1, -0.05) is 29.8 Å². The second kappa shape index (κ2) is 7.30. The van der Waals surface area contributed by atoms with Crippen LogP contribution >= 0.6 is 15.9 Å². The van der Waals surface area contributed by atoms with Gasteiger partial charge in [-0.05, 0) is 18.2 Å². The molecular formula is C15H19BrN2O2. The first kappa shape index (κ1) is 16.5. The molecular weight excluding hydrogens is 320 g/mol. The SMILES string of the molecule is COc1ccc(Br)cc1C(C)(C)CNC(=O)CCC#N. The molecule has 0 spiro atoms. The zero-order valence-electron chi connectivity index (χ0n) is 12.0. The van der Waals surface area contributed by atoms with E-state index in [1.807, 2.05) is 38.1 Å². The summed E-state index contributed by atoms with van der Waals surface area (Å²) in [6, 6.07) is 7.79. The molecule has 0 aliphatic carbocycles. The van der Waals surface area contributed by atoms with Crippen LogP contribution in [-0.4, -0.2) is 19.6 Å². The Hall–Kier alpha value is -1.54. The van der Waals surface area contributed by atoms with Crippen LogP contribution in [0.5, 0.6) is 5.75 Å². The van der Waals surface area contributed by atoms with Gasteiger partial charge in [0.25, 0.3) is 0 Å². The number of rotatable bonds is 6. The standard InChI is InChI=1S/C15H19BrN2O2/c1-15(2,10-18-14(19)5-4-8-17)12-9-11(16)6-7-13(12)20-3/h6-7,9H,4-5,10H2,1-3H3,(H,18,19). The van der Waals surface area contributed by atoms with Gasteiger partial charge in [0.15, 0.2) is 0 Å². The van der Waals surface area contributed by atoms with Crippen molar-refractivity contribution in [3.05, 3.63) is 28.2 Å². The number of benzene rings is 1. The Balaban J connectivity index is 2.80. The highest BCUT2D eigenvalue weighted by molar-refractivity contribution is 9.10. The molecule has 0 aromatic heterocycles. The van der Waals surface area contributed by atoms with Crippen molar-refractivity contribution in [3.8, 4) is 11.8 Å². The number of nitriles is 1. The third-order valence-electron chi connectivity index (χ3n) is 3.08. The summed E-state index contributed by atoms with van der Waals surface area (Å²) in [6.45, 7) is 4.58. The monoisotopic (exact) mass is 338 g/mol. The minimum atomic E-state index is -0.266. The van der Waals surface area contributed by atoms with E-state index in [1.54, 1.807) is 7.11 Å². The summed E-state index contributed by atoms with van der Waals surface area (Å²) in [5, 5.41) is 11.3. The summed E-state index contributed by atoms with van der Waals surface area (Å²) in [5.74, 6) is 0.693. The number of ether oxygens (including phenoxy) is 1. The second-order valence-corrected chi connectivity index (χ2v) is 6.08. The number of nitrogens with zero attached hydrogens (tertiary/aromatic N) is 1. The van der Waals surface area contributed by atoms with E-state index in [0.29, 0.717) is 6.54 Å². The largest absolute Gasteiger partial charge is 0.496 e. The molecule has 0 unspecified atom stereocenters. The average molecular weight is 339 g/mol. The van der Waals surface area contributed by atoms with Crippen LogP contribution < -0.4 is 10.1 Å². The van der Waals surface area contributed by atoms with Crippen molar-refractivity contribution in [2.24, 2.45) is 0 Å². The normalized spacial score (nSPS) is 10.8. The van der Waals surface area contributed by atoms with Gasteiger partial charge in [0, 0.05) is 34.8 Å². The van der Waals surface area contributed by atoms with Crippen LogP contribution in [0.4, 0.5) is 0 Å². The van der Waals surface area contributed by atoms with E-state index in [1.165, 1.54) is 0 Å². The zero-order chi connectivity index (χ0) is 15.2. The van der Waals surface area contributed by atoms with E-state index in [9.17, 15) is 4.79 Å². The first-order chi connectivity index (χ1) is 9.40.